The van der Waals surface area contributed by atoms with Crippen LogP contribution < -0.4 is 14.8 Å². The van der Waals surface area contributed by atoms with Crippen LogP contribution in [-0.4, -0.2) is 49.3 Å². The monoisotopic (exact) mass is 362 g/mol. The fourth-order valence-electron chi connectivity index (χ4n) is 3.11. The quantitative estimate of drug-likeness (QED) is 0.712. The van der Waals surface area contributed by atoms with E-state index in [2.05, 4.69) is 5.32 Å². The molecule has 0 aromatic heterocycles. The van der Waals surface area contributed by atoms with E-state index in [9.17, 15) is 9.59 Å². The molecule has 1 saturated heterocycles. The highest BCUT2D eigenvalue weighted by atomic mass is 16.7. The van der Waals surface area contributed by atoms with E-state index in [0.29, 0.717) is 32.0 Å². The van der Waals surface area contributed by atoms with Crippen LogP contribution in [0.15, 0.2) is 18.2 Å². The van der Waals surface area contributed by atoms with Gasteiger partial charge in [0, 0.05) is 32.7 Å². The van der Waals surface area contributed by atoms with Gasteiger partial charge in [-0.25, -0.2) is 0 Å². The molecule has 142 valence electrons. The van der Waals surface area contributed by atoms with E-state index < -0.39 is 0 Å². The number of carbonyl (C=O) groups is 2. The number of ether oxygens (including phenoxy) is 3. The van der Waals surface area contributed by atoms with Crippen molar-refractivity contribution < 1.29 is 23.8 Å². The van der Waals surface area contributed by atoms with Gasteiger partial charge in [-0.3, -0.25) is 9.59 Å². The van der Waals surface area contributed by atoms with Crippen LogP contribution >= 0.6 is 0 Å². The molecule has 7 heteroatoms. The SMILES string of the molecule is CC(C)OCCCNC(=O)C1CC(=O)N(Cc2ccc3c(c2)OCO3)C1. The minimum atomic E-state index is -0.289. The van der Waals surface area contributed by atoms with E-state index in [-0.39, 0.29) is 37.0 Å². The number of amides is 2. The van der Waals surface area contributed by atoms with Crippen LogP contribution in [0.25, 0.3) is 0 Å². The van der Waals surface area contributed by atoms with E-state index in [0.717, 1.165) is 17.7 Å². The molecule has 0 bridgehead atoms. The summed E-state index contributed by atoms with van der Waals surface area (Å²) >= 11 is 0. The van der Waals surface area contributed by atoms with Crippen molar-refractivity contribution in [2.45, 2.75) is 39.3 Å². The molecule has 3 rings (SSSR count). The molecule has 0 saturated carbocycles. The number of hydrogen-bond acceptors (Lipinski definition) is 5. The van der Waals surface area contributed by atoms with Crippen molar-refractivity contribution in [1.82, 2.24) is 10.2 Å². The third kappa shape index (κ3) is 4.66. The van der Waals surface area contributed by atoms with Crippen LogP contribution in [-0.2, 0) is 20.9 Å². The number of likely N-dealkylation sites (tertiary alicyclic amines) is 1. The Morgan fingerprint density at radius 1 is 1.35 bits per heavy atom. The Morgan fingerprint density at radius 3 is 2.96 bits per heavy atom. The lowest BCUT2D eigenvalue weighted by Gasteiger charge is -2.17. The molecule has 2 aliphatic heterocycles. The zero-order valence-electron chi connectivity index (χ0n) is 15.3. The summed E-state index contributed by atoms with van der Waals surface area (Å²) in [6.45, 7) is 6.31. The molecule has 0 aliphatic carbocycles. The molecule has 26 heavy (non-hydrogen) atoms. The summed E-state index contributed by atoms with van der Waals surface area (Å²) in [4.78, 5) is 26.2. The molecule has 2 amide bonds. The van der Waals surface area contributed by atoms with Crippen molar-refractivity contribution in [3.05, 3.63) is 23.8 Å². The van der Waals surface area contributed by atoms with Crippen molar-refractivity contribution >= 4 is 11.8 Å². The predicted octanol–water partition coefficient (Wildman–Crippen LogP) is 1.70. The van der Waals surface area contributed by atoms with E-state index >= 15 is 0 Å². The number of nitrogens with zero attached hydrogens (tertiary/aromatic N) is 1. The maximum Gasteiger partial charge on any atom is 0.231 e. The van der Waals surface area contributed by atoms with Crippen LogP contribution in [0.3, 0.4) is 0 Å². The van der Waals surface area contributed by atoms with Gasteiger partial charge in [0.15, 0.2) is 11.5 Å². The Labute approximate surface area is 153 Å². The molecule has 0 spiro atoms. The summed E-state index contributed by atoms with van der Waals surface area (Å²) in [6, 6.07) is 5.66. The fourth-order valence-corrected chi connectivity index (χ4v) is 3.11. The smallest absolute Gasteiger partial charge is 0.231 e. The van der Waals surface area contributed by atoms with Crippen LogP contribution in [0, 0.1) is 5.92 Å². The fraction of sp³-hybridized carbons (Fsp3) is 0.579. The first-order valence-electron chi connectivity index (χ1n) is 9.08. The molecular formula is C19H26N2O5. The average Bonchev–Trinajstić information content (AvgIpc) is 3.21. The topological polar surface area (TPSA) is 77.1 Å². The first-order valence-corrected chi connectivity index (χ1v) is 9.08. The van der Waals surface area contributed by atoms with E-state index in [1.165, 1.54) is 0 Å². The maximum atomic E-state index is 12.3. The average molecular weight is 362 g/mol. The lowest BCUT2D eigenvalue weighted by molar-refractivity contribution is -0.129. The summed E-state index contributed by atoms with van der Waals surface area (Å²) < 4.78 is 16.1. The Kier molecular flexibility index (Phi) is 5.98. The summed E-state index contributed by atoms with van der Waals surface area (Å²) in [5, 5.41) is 2.90. The lowest BCUT2D eigenvalue weighted by Crippen LogP contribution is -2.33. The van der Waals surface area contributed by atoms with Crippen LogP contribution in [0.5, 0.6) is 11.5 Å². The predicted molar refractivity (Wildman–Crippen MR) is 94.8 cm³/mol. The Hall–Kier alpha value is -2.28. The molecule has 1 aromatic rings. The van der Waals surface area contributed by atoms with E-state index in [1.54, 1.807) is 4.90 Å². The second-order valence-corrected chi connectivity index (χ2v) is 6.93. The minimum Gasteiger partial charge on any atom is -0.454 e. The van der Waals surface area contributed by atoms with Crippen molar-refractivity contribution in [2.75, 3.05) is 26.5 Å². The zero-order valence-corrected chi connectivity index (χ0v) is 15.3. The van der Waals surface area contributed by atoms with Gasteiger partial charge in [-0.1, -0.05) is 6.07 Å². The number of fused-ring (bicyclic) bond motifs is 1. The number of benzene rings is 1. The molecular weight excluding hydrogens is 336 g/mol. The molecule has 2 heterocycles. The molecule has 1 atom stereocenters. The Balaban J connectivity index is 1.45. The van der Waals surface area contributed by atoms with E-state index in [1.807, 2.05) is 32.0 Å². The maximum absolute atomic E-state index is 12.3. The van der Waals surface area contributed by atoms with Crippen molar-refractivity contribution in [1.29, 1.82) is 0 Å². The third-order valence-corrected chi connectivity index (χ3v) is 4.47. The number of hydrogen-bond donors (Lipinski definition) is 1. The molecule has 0 radical (unpaired) electrons. The second-order valence-electron chi connectivity index (χ2n) is 6.93. The summed E-state index contributed by atoms with van der Waals surface area (Å²) in [5.74, 6) is 1.08. The molecule has 1 unspecified atom stereocenters. The van der Waals surface area contributed by atoms with Crippen LogP contribution in [0.2, 0.25) is 0 Å². The summed E-state index contributed by atoms with van der Waals surface area (Å²) in [6.07, 6.45) is 1.23. The van der Waals surface area contributed by atoms with Crippen LogP contribution in [0.4, 0.5) is 0 Å². The molecule has 1 N–H and O–H groups in total. The van der Waals surface area contributed by atoms with Gasteiger partial charge in [-0.2, -0.15) is 0 Å². The van der Waals surface area contributed by atoms with Gasteiger partial charge in [-0.05, 0) is 38.0 Å². The Morgan fingerprint density at radius 2 is 2.15 bits per heavy atom. The molecule has 7 nitrogen and oxygen atoms in total. The van der Waals surface area contributed by atoms with Gasteiger partial charge in [-0.15, -0.1) is 0 Å². The van der Waals surface area contributed by atoms with Crippen LogP contribution in [0.1, 0.15) is 32.3 Å². The minimum absolute atomic E-state index is 0.00552. The highest BCUT2D eigenvalue weighted by Crippen LogP contribution is 2.33. The van der Waals surface area contributed by atoms with Gasteiger partial charge >= 0.3 is 0 Å². The molecule has 2 aliphatic rings. The van der Waals surface area contributed by atoms with Gasteiger partial charge in [0.25, 0.3) is 0 Å². The number of rotatable bonds is 8. The molecule has 1 fully saturated rings. The van der Waals surface area contributed by atoms with Crippen molar-refractivity contribution in [3.8, 4) is 11.5 Å². The number of carbonyl (C=O) groups excluding carboxylic acids is 2. The van der Waals surface area contributed by atoms with Gasteiger partial charge < -0.3 is 24.4 Å². The standard InChI is InChI=1S/C19H26N2O5/c1-13(2)24-7-3-6-20-19(23)15-9-18(22)21(11-15)10-14-4-5-16-17(8-14)26-12-25-16/h4-5,8,13,15H,3,6-7,9-12H2,1-2H3,(H,20,23). The van der Waals surface area contributed by atoms with Crippen molar-refractivity contribution in [3.63, 3.8) is 0 Å². The normalized spacial score (nSPS) is 18.7. The molecule has 1 aromatic carbocycles. The summed E-state index contributed by atoms with van der Waals surface area (Å²) in [7, 11) is 0. The van der Waals surface area contributed by atoms with Gasteiger partial charge in [0.05, 0.1) is 12.0 Å². The first-order chi connectivity index (χ1) is 12.5. The van der Waals surface area contributed by atoms with Gasteiger partial charge in [0.1, 0.15) is 0 Å². The van der Waals surface area contributed by atoms with Gasteiger partial charge in [0.2, 0.25) is 18.6 Å². The largest absolute Gasteiger partial charge is 0.454 e. The third-order valence-electron chi connectivity index (χ3n) is 4.47. The lowest BCUT2D eigenvalue weighted by atomic mass is 10.1. The van der Waals surface area contributed by atoms with Crippen molar-refractivity contribution in [2.24, 2.45) is 5.92 Å². The summed E-state index contributed by atoms with van der Waals surface area (Å²) in [5.41, 5.74) is 0.967. The first kappa shape index (κ1) is 18.5. The highest BCUT2D eigenvalue weighted by Gasteiger charge is 2.34. The zero-order chi connectivity index (χ0) is 18.5. The second kappa shape index (κ2) is 8.40. The van der Waals surface area contributed by atoms with E-state index in [4.69, 9.17) is 14.2 Å². The number of nitrogens with one attached hydrogen (secondary N) is 1. The Bertz CT molecular complexity index is 661. The highest BCUT2D eigenvalue weighted by molar-refractivity contribution is 5.89.